The van der Waals surface area contributed by atoms with Crippen LogP contribution in [0.2, 0.25) is 5.02 Å². The maximum absolute atomic E-state index is 11.7. The normalized spacial score (nSPS) is 10.5. The van der Waals surface area contributed by atoms with Crippen molar-refractivity contribution >= 4 is 29.3 Å². The van der Waals surface area contributed by atoms with Gasteiger partial charge in [0.25, 0.3) is 0 Å². The van der Waals surface area contributed by atoms with E-state index in [-0.39, 0.29) is 11.9 Å². The number of hydrogen-bond acceptors (Lipinski definition) is 4. The second kappa shape index (κ2) is 6.68. The summed E-state index contributed by atoms with van der Waals surface area (Å²) in [5.41, 5.74) is 1.38. The predicted octanol–water partition coefficient (Wildman–Crippen LogP) is 2.79. The fourth-order valence-corrected chi connectivity index (χ4v) is 1.54. The molecule has 6 heteroatoms. The average Bonchev–Trinajstić information content (AvgIpc) is 2.47. The van der Waals surface area contributed by atoms with Crippen molar-refractivity contribution in [1.82, 2.24) is 9.97 Å². The summed E-state index contributed by atoms with van der Waals surface area (Å²) in [6.07, 6.45) is 6.06. The Hall–Kier alpha value is -2.40. The molecule has 5 nitrogen and oxygen atoms in total. The Kier molecular flexibility index (Phi) is 4.68. The van der Waals surface area contributed by atoms with Crippen molar-refractivity contribution in [2.75, 3.05) is 12.4 Å². The molecule has 0 fully saturated rings. The lowest BCUT2D eigenvalue weighted by atomic mass is 10.2. The van der Waals surface area contributed by atoms with Gasteiger partial charge in [0.15, 0.2) is 0 Å². The van der Waals surface area contributed by atoms with Crippen LogP contribution in [0.4, 0.5) is 5.69 Å². The van der Waals surface area contributed by atoms with E-state index in [0.717, 1.165) is 5.56 Å². The van der Waals surface area contributed by atoms with Crippen molar-refractivity contribution in [3.8, 4) is 6.01 Å². The fraction of sp³-hybridized carbons (Fsp3) is 0.0714. The molecular weight excluding hydrogens is 278 g/mol. The summed E-state index contributed by atoms with van der Waals surface area (Å²) in [6, 6.07) is 7.41. The van der Waals surface area contributed by atoms with Gasteiger partial charge in [0.05, 0.1) is 25.2 Å². The lowest BCUT2D eigenvalue weighted by Crippen LogP contribution is -2.08. The topological polar surface area (TPSA) is 64.1 Å². The Labute approximate surface area is 121 Å². The van der Waals surface area contributed by atoms with Crippen molar-refractivity contribution < 1.29 is 9.53 Å². The molecule has 0 aliphatic carbocycles. The molecule has 0 saturated carbocycles. The Morgan fingerprint density at radius 1 is 1.25 bits per heavy atom. The molecule has 0 bridgehead atoms. The van der Waals surface area contributed by atoms with E-state index in [1.807, 2.05) is 12.1 Å². The maximum atomic E-state index is 11.7. The quantitative estimate of drug-likeness (QED) is 0.879. The summed E-state index contributed by atoms with van der Waals surface area (Å²) in [5, 5.41) is 3.30. The summed E-state index contributed by atoms with van der Waals surface area (Å²) < 4.78 is 4.83. The number of amides is 1. The number of methoxy groups -OCH3 is 1. The third kappa shape index (κ3) is 4.07. The van der Waals surface area contributed by atoms with E-state index in [9.17, 15) is 4.79 Å². The zero-order valence-electron chi connectivity index (χ0n) is 10.7. The number of nitrogens with one attached hydrogen (secondary N) is 1. The Morgan fingerprint density at radius 2 is 1.90 bits per heavy atom. The number of rotatable bonds is 4. The zero-order valence-corrected chi connectivity index (χ0v) is 11.5. The van der Waals surface area contributed by atoms with Crippen LogP contribution in [0.15, 0.2) is 42.7 Å². The number of aromatic nitrogens is 2. The highest BCUT2D eigenvalue weighted by Gasteiger charge is 2.00. The SMILES string of the molecule is COc1ncc(NC(=O)/C=C/c2ccc(Cl)cc2)cn1. The Balaban J connectivity index is 1.96. The van der Waals surface area contributed by atoms with Gasteiger partial charge in [-0.2, -0.15) is 0 Å². The molecular formula is C14H12ClN3O2. The van der Waals surface area contributed by atoms with E-state index in [0.29, 0.717) is 10.7 Å². The van der Waals surface area contributed by atoms with Crippen molar-refractivity contribution in [3.63, 3.8) is 0 Å². The minimum Gasteiger partial charge on any atom is -0.467 e. The van der Waals surface area contributed by atoms with Gasteiger partial charge in [0.1, 0.15) is 0 Å². The van der Waals surface area contributed by atoms with Gasteiger partial charge in [-0.15, -0.1) is 0 Å². The van der Waals surface area contributed by atoms with Gasteiger partial charge < -0.3 is 10.1 Å². The molecule has 1 amide bonds. The molecule has 0 atom stereocenters. The number of carbonyl (C=O) groups is 1. The van der Waals surface area contributed by atoms with E-state index in [4.69, 9.17) is 16.3 Å². The molecule has 1 heterocycles. The number of nitrogens with zero attached hydrogens (tertiary/aromatic N) is 2. The Bertz CT molecular complexity index is 609. The number of halogens is 1. The first-order valence-corrected chi connectivity index (χ1v) is 6.16. The van der Waals surface area contributed by atoms with Crippen molar-refractivity contribution in [1.29, 1.82) is 0 Å². The molecule has 0 radical (unpaired) electrons. The maximum Gasteiger partial charge on any atom is 0.316 e. The second-order valence-electron chi connectivity index (χ2n) is 3.83. The van der Waals surface area contributed by atoms with Gasteiger partial charge in [-0.3, -0.25) is 4.79 Å². The molecule has 0 aliphatic rings. The fourth-order valence-electron chi connectivity index (χ4n) is 1.42. The van der Waals surface area contributed by atoms with Gasteiger partial charge >= 0.3 is 6.01 Å². The van der Waals surface area contributed by atoms with Gasteiger partial charge in [-0.25, -0.2) is 9.97 Å². The van der Waals surface area contributed by atoms with E-state index in [1.165, 1.54) is 25.6 Å². The molecule has 0 spiro atoms. The minimum absolute atomic E-state index is 0.250. The molecule has 2 aromatic rings. The van der Waals surface area contributed by atoms with Crippen molar-refractivity contribution in [2.24, 2.45) is 0 Å². The van der Waals surface area contributed by atoms with Crippen LogP contribution in [0.5, 0.6) is 6.01 Å². The number of anilines is 1. The molecule has 0 saturated heterocycles. The highest BCUT2D eigenvalue weighted by molar-refractivity contribution is 6.30. The van der Waals surface area contributed by atoms with Gasteiger partial charge in [-0.05, 0) is 23.8 Å². The number of benzene rings is 1. The standard InChI is InChI=1S/C14H12ClN3O2/c1-20-14-16-8-12(9-17-14)18-13(19)7-4-10-2-5-11(15)6-3-10/h2-9H,1H3,(H,18,19)/b7-4+. The van der Waals surface area contributed by atoms with Crippen LogP contribution in [0.25, 0.3) is 6.08 Å². The van der Waals surface area contributed by atoms with Gasteiger partial charge in [0, 0.05) is 11.1 Å². The molecule has 2 rings (SSSR count). The third-order valence-corrected chi connectivity index (χ3v) is 2.63. The van der Waals surface area contributed by atoms with Crippen molar-refractivity contribution in [2.45, 2.75) is 0 Å². The average molecular weight is 290 g/mol. The third-order valence-electron chi connectivity index (χ3n) is 2.38. The number of ether oxygens (including phenoxy) is 1. The highest BCUT2D eigenvalue weighted by atomic mass is 35.5. The molecule has 0 unspecified atom stereocenters. The molecule has 0 aliphatic heterocycles. The molecule has 102 valence electrons. The molecule has 1 N–H and O–H groups in total. The van der Waals surface area contributed by atoms with E-state index in [2.05, 4.69) is 15.3 Å². The Morgan fingerprint density at radius 3 is 2.50 bits per heavy atom. The van der Waals surface area contributed by atoms with Crippen LogP contribution in [0.3, 0.4) is 0 Å². The van der Waals surface area contributed by atoms with Gasteiger partial charge in [0.2, 0.25) is 5.91 Å². The van der Waals surface area contributed by atoms with Crippen LogP contribution in [-0.4, -0.2) is 23.0 Å². The van der Waals surface area contributed by atoms with Crippen molar-refractivity contribution in [3.05, 3.63) is 53.3 Å². The summed E-state index contributed by atoms with van der Waals surface area (Å²) in [6.45, 7) is 0. The van der Waals surface area contributed by atoms with E-state index >= 15 is 0 Å². The first-order chi connectivity index (χ1) is 9.67. The molecule has 1 aromatic carbocycles. The largest absolute Gasteiger partial charge is 0.467 e. The van der Waals surface area contributed by atoms with Crippen LogP contribution in [-0.2, 0) is 4.79 Å². The molecule has 20 heavy (non-hydrogen) atoms. The molecule has 1 aromatic heterocycles. The number of hydrogen-bond donors (Lipinski definition) is 1. The minimum atomic E-state index is -0.270. The second-order valence-corrected chi connectivity index (χ2v) is 4.27. The highest BCUT2D eigenvalue weighted by Crippen LogP contribution is 2.11. The monoisotopic (exact) mass is 289 g/mol. The van der Waals surface area contributed by atoms with Crippen LogP contribution < -0.4 is 10.1 Å². The van der Waals surface area contributed by atoms with Gasteiger partial charge in [-0.1, -0.05) is 23.7 Å². The smallest absolute Gasteiger partial charge is 0.316 e. The first-order valence-electron chi connectivity index (χ1n) is 5.78. The lowest BCUT2D eigenvalue weighted by Gasteiger charge is -2.01. The summed E-state index contributed by atoms with van der Waals surface area (Å²) in [5.74, 6) is -0.270. The summed E-state index contributed by atoms with van der Waals surface area (Å²) in [4.78, 5) is 19.5. The van der Waals surface area contributed by atoms with Crippen LogP contribution in [0, 0.1) is 0 Å². The predicted molar refractivity (Wildman–Crippen MR) is 77.7 cm³/mol. The lowest BCUT2D eigenvalue weighted by molar-refractivity contribution is -0.111. The summed E-state index contributed by atoms with van der Waals surface area (Å²) >= 11 is 5.78. The van der Waals surface area contributed by atoms with Crippen LogP contribution >= 0.6 is 11.6 Å². The van der Waals surface area contributed by atoms with E-state index < -0.39 is 0 Å². The van der Waals surface area contributed by atoms with E-state index in [1.54, 1.807) is 18.2 Å². The van der Waals surface area contributed by atoms with Crippen LogP contribution in [0.1, 0.15) is 5.56 Å². The summed E-state index contributed by atoms with van der Waals surface area (Å²) in [7, 11) is 1.47. The number of carbonyl (C=O) groups excluding carboxylic acids is 1. The zero-order chi connectivity index (χ0) is 14.4. The first kappa shape index (κ1) is 14.0.